The van der Waals surface area contributed by atoms with Crippen molar-refractivity contribution in [2.75, 3.05) is 20.1 Å². The lowest BCUT2D eigenvalue weighted by Gasteiger charge is -2.42. The molecule has 2 aliphatic rings. The first-order valence-electron chi connectivity index (χ1n) is 7.03. The van der Waals surface area contributed by atoms with Crippen molar-refractivity contribution in [1.29, 1.82) is 0 Å². The number of rotatable bonds is 4. The Labute approximate surface area is 101 Å². The Hall–Kier alpha value is -0.0800. The number of hydrogen-bond donors (Lipinski definition) is 1. The molecule has 1 saturated carbocycles. The van der Waals surface area contributed by atoms with Crippen LogP contribution in [-0.2, 0) is 0 Å². The fourth-order valence-corrected chi connectivity index (χ4v) is 3.07. The standard InChI is InChI=1S/C14H28N2/c1-10(2)13-7-14(15-4)9-16(8-13)11(3)12-5-6-12/h10-15H,5-9H2,1-4H3. The highest BCUT2D eigenvalue weighted by atomic mass is 15.2. The lowest BCUT2D eigenvalue weighted by atomic mass is 9.84. The van der Waals surface area contributed by atoms with Crippen LogP contribution in [-0.4, -0.2) is 37.1 Å². The quantitative estimate of drug-likeness (QED) is 0.788. The van der Waals surface area contributed by atoms with E-state index >= 15 is 0 Å². The fraction of sp³-hybridized carbons (Fsp3) is 1.00. The van der Waals surface area contributed by atoms with Gasteiger partial charge in [0.15, 0.2) is 0 Å². The molecule has 0 amide bonds. The molecular weight excluding hydrogens is 196 g/mol. The molecule has 16 heavy (non-hydrogen) atoms. The van der Waals surface area contributed by atoms with Gasteiger partial charge in [-0.1, -0.05) is 13.8 Å². The zero-order chi connectivity index (χ0) is 11.7. The van der Waals surface area contributed by atoms with Gasteiger partial charge in [-0.2, -0.15) is 0 Å². The maximum Gasteiger partial charge on any atom is 0.0195 e. The van der Waals surface area contributed by atoms with Crippen LogP contribution in [0.5, 0.6) is 0 Å². The van der Waals surface area contributed by atoms with E-state index in [4.69, 9.17) is 0 Å². The minimum absolute atomic E-state index is 0.711. The van der Waals surface area contributed by atoms with Crippen molar-refractivity contribution in [2.45, 2.75) is 52.1 Å². The molecule has 1 aliphatic carbocycles. The number of likely N-dealkylation sites (N-methyl/N-ethyl adjacent to an activating group) is 1. The van der Waals surface area contributed by atoms with Gasteiger partial charge in [-0.3, -0.25) is 4.90 Å². The third kappa shape index (κ3) is 2.78. The molecule has 1 N–H and O–H groups in total. The summed E-state index contributed by atoms with van der Waals surface area (Å²) in [5.74, 6) is 2.71. The van der Waals surface area contributed by atoms with Crippen molar-refractivity contribution in [3.63, 3.8) is 0 Å². The second-order valence-corrected chi connectivity index (χ2v) is 6.26. The van der Waals surface area contributed by atoms with E-state index in [9.17, 15) is 0 Å². The highest BCUT2D eigenvalue weighted by Crippen LogP contribution is 2.37. The maximum atomic E-state index is 3.49. The summed E-state index contributed by atoms with van der Waals surface area (Å²) in [5, 5.41) is 3.49. The molecule has 3 atom stereocenters. The van der Waals surface area contributed by atoms with Crippen LogP contribution in [0.15, 0.2) is 0 Å². The summed E-state index contributed by atoms with van der Waals surface area (Å²) in [6, 6.07) is 1.53. The van der Waals surface area contributed by atoms with Gasteiger partial charge < -0.3 is 5.32 Å². The Balaban J connectivity index is 1.95. The van der Waals surface area contributed by atoms with Gasteiger partial charge in [0.1, 0.15) is 0 Å². The highest BCUT2D eigenvalue weighted by molar-refractivity contribution is 4.91. The van der Waals surface area contributed by atoms with Crippen LogP contribution in [0.1, 0.15) is 40.0 Å². The molecule has 3 unspecified atom stereocenters. The fourth-order valence-electron chi connectivity index (χ4n) is 3.07. The van der Waals surface area contributed by atoms with Gasteiger partial charge in [0.05, 0.1) is 0 Å². The molecule has 0 aromatic carbocycles. The van der Waals surface area contributed by atoms with Crippen molar-refractivity contribution < 1.29 is 0 Å². The number of likely N-dealkylation sites (tertiary alicyclic amines) is 1. The van der Waals surface area contributed by atoms with Gasteiger partial charge in [-0.15, -0.1) is 0 Å². The van der Waals surface area contributed by atoms with E-state index in [0.29, 0.717) is 6.04 Å². The van der Waals surface area contributed by atoms with Crippen molar-refractivity contribution in [3.05, 3.63) is 0 Å². The van der Waals surface area contributed by atoms with Crippen LogP contribution < -0.4 is 5.32 Å². The lowest BCUT2D eigenvalue weighted by Crippen LogP contribution is -2.52. The molecule has 2 nitrogen and oxygen atoms in total. The van der Waals surface area contributed by atoms with E-state index in [0.717, 1.165) is 23.8 Å². The van der Waals surface area contributed by atoms with Crippen molar-refractivity contribution in [1.82, 2.24) is 10.2 Å². The average Bonchev–Trinajstić information content (AvgIpc) is 3.11. The first-order valence-corrected chi connectivity index (χ1v) is 7.03. The molecule has 1 aliphatic heterocycles. The predicted molar refractivity (Wildman–Crippen MR) is 69.6 cm³/mol. The smallest absolute Gasteiger partial charge is 0.0195 e. The molecule has 2 rings (SSSR count). The molecule has 1 saturated heterocycles. The summed E-state index contributed by atoms with van der Waals surface area (Å²) in [4.78, 5) is 2.74. The summed E-state index contributed by atoms with van der Waals surface area (Å²) in [6.07, 6.45) is 4.30. The molecule has 94 valence electrons. The number of nitrogens with zero attached hydrogens (tertiary/aromatic N) is 1. The van der Waals surface area contributed by atoms with Crippen LogP contribution in [0.25, 0.3) is 0 Å². The summed E-state index contributed by atoms with van der Waals surface area (Å²) >= 11 is 0. The lowest BCUT2D eigenvalue weighted by molar-refractivity contribution is 0.0783. The third-order valence-electron chi connectivity index (χ3n) is 4.74. The molecule has 2 heteroatoms. The second kappa shape index (κ2) is 5.05. The SMILES string of the molecule is CNC1CC(C(C)C)CN(C(C)C2CC2)C1. The van der Waals surface area contributed by atoms with Gasteiger partial charge in [-0.25, -0.2) is 0 Å². The number of piperidine rings is 1. The summed E-state index contributed by atoms with van der Waals surface area (Å²) in [7, 11) is 2.12. The summed E-state index contributed by atoms with van der Waals surface area (Å²) in [6.45, 7) is 9.78. The van der Waals surface area contributed by atoms with Gasteiger partial charge in [-0.05, 0) is 51.0 Å². The minimum atomic E-state index is 0.711. The van der Waals surface area contributed by atoms with Crippen LogP contribution in [0.4, 0.5) is 0 Å². The second-order valence-electron chi connectivity index (χ2n) is 6.26. The maximum absolute atomic E-state index is 3.49. The molecule has 0 bridgehead atoms. The third-order valence-corrected chi connectivity index (χ3v) is 4.74. The van der Waals surface area contributed by atoms with E-state index in [2.05, 4.69) is 38.0 Å². The Morgan fingerprint density at radius 2 is 1.75 bits per heavy atom. The zero-order valence-electron chi connectivity index (χ0n) is 11.4. The van der Waals surface area contributed by atoms with E-state index in [1.165, 1.54) is 32.4 Å². The van der Waals surface area contributed by atoms with Crippen LogP contribution in [0.2, 0.25) is 0 Å². The molecular formula is C14H28N2. The highest BCUT2D eigenvalue weighted by Gasteiger charge is 2.36. The molecule has 0 spiro atoms. The van der Waals surface area contributed by atoms with E-state index in [1.54, 1.807) is 0 Å². The van der Waals surface area contributed by atoms with Crippen LogP contribution in [0.3, 0.4) is 0 Å². The Bertz CT molecular complexity index is 223. The predicted octanol–water partition coefficient (Wildman–Crippen LogP) is 2.35. The van der Waals surface area contributed by atoms with Crippen LogP contribution in [0, 0.1) is 17.8 Å². The Kier molecular flexibility index (Phi) is 3.91. The van der Waals surface area contributed by atoms with Gasteiger partial charge in [0, 0.05) is 25.2 Å². The van der Waals surface area contributed by atoms with Crippen LogP contribution >= 0.6 is 0 Å². The molecule has 0 aromatic rings. The molecule has 2 fully saturated rings. The number of nitrogens with one attached hydrogen (secondary N) is 1. The summed E-state index contributed by atoms with van der Waals surface area (Å²) in [5.41, 5.74) is 0. The van der Waals surface area contributed by atoms with Gasteiger partial charge >= 0.3 is 0 Å². The van der Waals surface area contributed by atoms with E-state index < -0.39 is 0 Å². The van der Waals surface area contributed by atoms with Crippen molar-refractivity contribution in [3.8, 4) is 0 Å². The summed E-state index contributed by atoms with van der Waals surface area (Å²) < 4.78 is 0. The van der Waals surface area contributed by atoms with Gasteiger partial charge in [0.2, 0.25) is 0 Å². The molecule has 1 heterocycles. The van der Waals surface area contributed by atoms with Gasteiger partial charge in [0.25, 0.3) is 0 Å². The Morgan fingerprint density at radius 1 is 1.06 bits per heavy atom. The zero-order valence-corrected chi connectivity index (χ0v) is 11.4. The largest absolute Gasteiger partial charge is 0.316 e. The van der Waals surface area contributed by atoms with E-state index in [1.807, 2.05) is 0 Å². The first kappa shape index (κ1) is 12.4. The van der Waals surface area contributed by atoms with E-state index in [-0.39, 0.29) is 0 Å². The van der Waals surface area contributed by atoms with Crippen molar-refractivity contribution >= 4 is 0 Å². The normalized spacial score (nSPS) is 34.3. The monoisotopic (exact) mass is 224 g/mol. The molecule has 0 aromatic heterocycles. The Morgan fingerprint density at radius 3 is 2.25 bits per heavy atom. The molecule has 0 radical (unpaired) electrons. The average molecular weight is 224 g/mol. The number of hydrogen-bond acceptors (Lipinski definition) is 2. The van der Waals surface area contributed by atoms with Crippen molar-refractivity contribution in [2.24, 2.45) is 17.8 Å². The first-order chi connectivity index (χ1) is 7.61. The topological polar surface area (TPSA) is 15.3 Å². The minimum Gasteiger partial charge on any atom is -0.316 e.